The summed E-state index contributed by atoms with van der Waals surface area (Å²) in [5.41, 5.74) is 2.22. The van der Waals surface area contributed by atoms with Crippen molar-refractivity contribution in [2.75, 3.05) is 12.9 Å². The number of amides is 2. The predicted molar refractivity (Wildman–Crippen MR) is 95.7 cm³/mol. The molecule has 2 amide bonds. The second-order valence-corrected chi connectivity index (χ2v) is 7.95. The van der Waals surface area contributed by atoms with Gasteiger partial charge in [0.1, 0.15) is 10.9 Å². The maximum Gasteiger partial charge on any atom is 0.271 e. The molecule has 142 valence electrons. The van der Waals surface area contributed by atoms with Crippen LogP contribution in [0.25, 0.3) is 0 Å². The molecule has 0 saturated heterocycles. The molecular weight excluding hydrogens is 360 g/mol. The fraction of sp³-hybridized carbons (Fsp3) is 0.412. The van der Waals surface area contributed by atoms with Crippen molar-refractivity contribution in [1.29, 1.82) is 0 Å². The van der Waals surface area contributed by atoms with Crippen molar-refractivity contribution in [1.82, 2.24) is 10.8 Å². The van der Waals surface area contributed by atoms with Crippen molar-refractivity contribution in [3.8, 4) is 11.8 Å². The Morgan fingerprint density at radius 3 is 2.35 bits per heavy atom. The summed E-state index contributed by atoms with van der Waals surface area (Å²) in [5.74, 6) is 3.60. The minimum Gasteiger partial charge on any atom is -0.616 e. The van der Waals surface area contributed by atoms with Gasteiger partial charge >= 0.3 is 0 Å². The van der Waals surface area contributed by atoms with Crippen LogP contribution >= 0.6 is 0 Å². The van der Waals surface area contributed by atoms with Gasteiger partial charge < -0.3 is 20.1 Å². The first-order valence-electron chi connectivity index (χ1n) is 7.62. The number of aliphatic hydroxyl groups is 2. The van der Waals surface area contributed by atoms with Gasteiger partial charge in [-0.15, -0.1) is 0 Å². The van der Waals surface area contributed by atoms with Crippen molar-refractivity contribution in [2.45, 2.75) is 30.7 Å². The third-order valence-electron chi connectivity index (χ3n) is 3.79. The summed E-state index contributed by atoms with van der Waals surface area (Å²) >= 11 is -1.46. The molecule has 3 atom stereocenters. The fourth-order valence-electron chi connectivity index (χ4n) is 1.92. The highest BCUT2D eigenvalue weighted by Crippen LogP contribution is 2.21. The molecule has 0 radical (unpaired) electrons. The summed E-state index contributed by atoms with van der Waals surface area (Å²) in [6, 6.07) is 4.79. The van der Waals surface area contributed by atoms with Crippen molar-refractivity contribution in [3.63, 3.8) is 0 Å². The van der Waals surface area contributed by atoms with Crippen LogP contribution < -0.4 is 10.8 Å². The Morgan fingerprint density at radius 1 is 1.31 bits per heavy atom. The molecule has 26 heavy (non-hydrogen) atoms. The first-order chi connectivity index (χ1) is 12.1. The number of carbonyl (C=O) groups is 2. The molecule has 5 N–H and O–H groups in total. The lowest BCUT2D eigenvalue weighted by Gasteiger charge is -2.33. The highest BCUT2D eigenvalue weighted by atomic mass is 32.2. The van der Waals surface area contributed by atoms with E-state index in [1.165, 1.54) is 49.8 Å². The standard InChI is InChI=1S/C17H22N2O6S/c1-17(2,26(3)25)14(16(23)19-24)18-15(22)12-7-4-11(5-8-12)6-9-13(21)10-20/h4-5,7-8,13-14,20-21,24H,10H2,1-3H3,(H,18,22)(H,19,23)/t13?,14-,26?/m1/s1. The average molecular weight is 382 g/mol. The first-order valence-corrected chi connectivity index (χ1v) is 9.18. The fourth-order valence-corrected chi connectivity index (χ4v) is 2.42. The first kappa shape index (κ1) is 22.0. The number of hydrogen-bond donors (Lipinski definition) is 5. The van der Waals surface area contributed by atoms with Gasteiger partial charge in [0.25, 0.3) is 11.8 Å². The Balaban J connectivity index is 2.96. The molecule has 0 aliphatic rings. The summed E-state index contributed by atoms with van der Waals surface area (Å²) in [6.45, 7) is 2.60. The highest BCUT2D eigenvalue weighted by molar-refractivity contribution is 7.92. The summed E-state index contributed by atoms with van der Waals surface area (Å²) in [5, 5.41) is 29.3. The van der Waals surface area contributed by atoms with Crippen molar-refractivity contribution >= 4 is 23.0 Å². The van der Waals surface area contributed by atoms with Crippen LogP contribution in [0.2, 0.25) is 0 Å². The Labute approximate surface area is 154 Å². The van der Waals surface area contributed by atoms with Crippen molar-refractivity contribution in [2.24, 2.45) is 0 Å². The summed E-state index contributed by atoms with van der Waals surface area (Å²) < 4.78 is 10.8. The molecule has 1 aromatic carbocycles. The third-order valence-corrected chi connectivity index (χ3v) is 5.50. The molecule has 1 aromatic rings. The highest BCUT2D eigenvalue weighted by Gasteiger charge is 2.44. The molecule has 0 heterocycles. The lowest BCUT2D eigenvalue weighted by Crippen LogP contribution is -2.60. The Bertz CT molecular complexity index is 693. The molecule has 0 aliphatic carbocycles. The number of rotatable bonds is 6. The zero-order chi connectivity index (χ0) is 19.9. The number of carbonyl (C=O) groups excluding carboxylic acids is 2. The molecule has 8 nitrogen and oxygen atoms in total. The third kappa shape index (κ3) is 5.72. The summed E-state index contributed by atoms with van der Waals surface area (Å²) in [7, 11) is 0. The van der Waals surface area contributed by atoms with Crippen molar-refractivity contribution in [3.05, 3.63) is 35.4 Å². The van der Waals surface area contributed by atoms with Gasteiger partial charge in [-0.3, -0.25) is 14.8 Å². The Kier molecular flexibility index (Phi) is 8.08. The molecular formula is C17H22N2O6S. The van der Waals surface area contributed by atoms with Gasteiger partial charge in [-0.25, -0.2) is 5.48 Å². The Morgan fingerprint density at radius 2 is 1.88 bits per heavy atom. The minimum absolute atomic E-state index is 0.228. The van der Waals surface area contributed by atoms with E-state index in [9.17, 15) is 19.2 Å². The molecule has 2 unspecified atom stereocenters. The monoisotopic (exact) mass is 382 g/mol. The van der Waals surface area contributed by atoms with Gasteiger partial charge in [0.2, 0.25) is 0 Å². The van der Waals surface area contributed by atoms with E-state index >= 15 is 0 Å². The second-order valence-electron chi connectivity index (χ2n) is 5.99. The topological polar surface area (TPSA) is 142 Å². The largest absolute Gasteiger partial charge is 0.616 e. The quantitative estimate of drug-likeness (QED) is 0.188. The van der Waals surface area contributed by atoms with Gasteiger partial charge in [0, 0.05) is 11.1 Å². The lowest BCUT2D eigenvalue weighted by molar-refractivity contribution is -0.131. The van der Waals surface area contributed by atoms with Crippen LogP contribution in [0.5, 0.6) is 0 Å². The van der Waals surface area contributed by atoms with E-state index in [1.807, 2.05) is 0 Å². The van der Waals surface area contributed by atoms with Gasteiger partial charge in [0.15, 0.2) is 6.04 Å². The molecule has 0 aromatic heterocycles. The average Bonchev–Trinajstić information content (AvgIpc) is 2.63. The van der Waals surface area contributed by atoms with Crippen LogP contribution in [0.4, 0.5) is 0 Å². The van der Waals surface area contributed by atoms with Gasteiger partial charge in [-0.05, 0) is 49.3 Å². The molecule has 1 rings (SSSR count). The van der Waals surface area contributed by atoms with Crippen LogP contribution in [0, 0.1) is 11.8 Å². The number of nitrogens with one attached hydrogen (secondary N) is 2. The van der Waals surface area contributed by atoms with E-state index in [0.717, 1.165) is 0 Å². The van der Waals surface area contributed by atoms with Gasteiger partial charge in [-0.2, -0.15) is 0 Å². The summed E-state index contributed by atoms with van der Waals surface area (Å²) in [6.07, 6.45) is 0.255. The van der Waals surface area contributed by atoms with Crippen LogP contribution in [0.1, 0.15) is 29.8 Å². The number of benzene rings is 1. The number of hydrogen-bond acceptors (Lipinski definition) is 6. The molecule has 0 spiro atoms. The van der Waals surface area contributed by atoms with E-state index in [4.69, 9.17) is 10.3 Å². The second kappa shape index (κ2) is 9.56. The molecule has 0 aliphatic heterocycles. The molecule has 0 saturated carbocycles. The van der Waals surface area contributed by atoms with Crippen LogP contribution in [-0.4, -0.2) is 61.5 Å². The van der Waals surface area contributed by atoms with Gasteiger partial charge in [-0.1, -0.05) is 11.8 Å². The smallest absolute Gasteiger partial charge is 0.271 e. The van der Waals surface area contributed by atoms with Crippen LogP contribution in [0.3, 0.4) is 0 Å². The molecule has 9 heteroatoms. The van der Waals surface area contributed by atoms with Gasteiger partial charge in [0.05, 0.1) is 12.9 Å². The van der Waals surface area contributed by atoms with Crippen molar-refractivity contribution < 1.29 is 29.6 Å². The number of hydroxylamine groups is 1. The van der Waals surface area contributed by atoms with E-state index in [0.29, 0.717) is 5.56 Å². The summed E-state index contributed by atoms with van der Waals surface area (Å²) in [4.78, 5) is 24.3. The zero-order valence-electron chi connectivity index (χ0n) is 14.6. The molecule has 0 bridgehead atoms. The van der Waals surface area contributed by atoms with E-state index in [2.05, 4.69) is 17.2 Å². The van der Waals surface area contributed by atoms with Crippen LogP contribution in [0.15, 0.2) is 24.3 Å². The zero-order valence-corrected chi connectivity index (χ0v) is 15.5. The van der Waals surface area contributed by atoms with E-state index < -0.39 is 46.5 Å². The Hall–Kier alpha value is -2.09. The predicted octanol–water partition coefficient (Wildman–Crippen LogP) is -0.848. The SMILES string of the molecule is C[S+]([O-])C(C)(C)[C@H](NC(=O)c1ccc(C#CC(O)CO)cc1)C(=O)NO. The van der Waals surface area contributed by atoms with E-state index in [-0.39, 0.29) is 5.56 Å². The minimum atomic E-state index is -1.46. The van der Waals surface area contributed by atoms with E-state index in [1.54, 1.807) is 0 Å². The molecule has 0 fully saturated rings. The maximum atomic E-state index is 12.4. The number of aliphatic hydroxyl groups excluding tert-OH is 2. The maximum absolute atomic E-state index is 12.4. The lowest BCUT2D eigenvalue weighted by atomic mass is 10.0. The van der Waals surface area contributed by atoms with Crippen LogP contribution in [-0.2, 0) is 16.0 Å². The normalized spacial score (nSPS) is 14.4.